The van der Waals surface area contributed by atoms with E-state index in [1.54, 1.807) is 0 Å². The second-order valence-electron chi connectivity index (χ2n) is 2.52. The molecule has 0 bridgehead atoms. The van der Waals surface area contributed by atoms with E-state index in [1.807, 2.05) is 19.1 Å². The van der Waals surface area contributed by atoms with Crippen LogP contribution in [0.15, 0.2) is 12.2 Å². The standard InChI is InChI=1S/C9H11BrN2/c1-2-3-4-9(7-11,8-12)5-6-10/h2-3H,4-6H2,1H3/b3-2+. The summed E-state index contributed by atoms with van der Waals surface area (Å²) in [5, 5.41) is 18.3. The van der Waals surface area contributed by atoms with Gasteiger partial charge in [0.15, 0.2) is 0 Å². The van der Waals surface area contributed by atoms with Crippen LogP contribution in [0.3, 0.4) is 0 Å². The molecule has 0 fully saturated rings. The monoisotopic (exact) mass is 226 g/mol. The van der Waals surface area contributed by atoms with Gasteiger partial charge in [-0.15, -0.1) is 0 Å². The molecule has 0 saturated heterocycles. The third kappa shape index (κ3) is 3.07. The van der Waals surface area contributed by atoms with Gasteiger partial charge in [-0.05, 0) is 19.8 Å². The zero-order valence-corrected chi connectivity index (χ0v) is 8.63. The number of hydrogen-bond donors (Lipinski definition) is 0. The second kappa shape index (κ2) is 5.80. The third-order valence-electron chi connectivity index (χ3n) is 1.65. The van der Waals surface area contributed by atoms with Gasteiger partial charge in [0.05, 0.1) is 12.1 Å². The van der Waals surface area contributed by atoms with Crippen molar-refractivity contribution in [2.75, 3.05) is 5.33 Å². The number of halogens is 1. The summed E-state index contributed by atoms with van der Waals surface area (Å²) in [5.74, 6) is 0. The van der Waals surface area contributed by atoms with Crippen molar-refractivity contribution in [2.45, 2.75) is 19.8 Å². The Morgan fingerprint density at radius 1 is 1.42 bits per heavy atom. The van der Waals surface area contributed by atoms with Crippen molar-refractivity contribution in [3.05, 3.63) is 12.2 Å². The molecule has 0 amide bonds. The largest absolute Gasteiger partial charge is 0.197 e. The van der Waals surface area contributed by atoms with Gasteiger partial charge in [0, 0.05) is 5.33 Å². The Morgan fingerprint density at radius 2 is 2.00 bits per heavy atom. The summed E-state index contributed by atoms with van der Waals surface area (Å²) in [6.07, 6.45) is 4.80. The maximum Gasteiger partial charge on any atom is 0.148 e. The van der Waals surface area contributed by atoms with Crippen molar-refractivity contribution in [1.29, 1.82) is 10.5 Å². The molecule has 0 unspecified atom stereocenters. The molecule has 0 spiro atoms. The Hall–Kier alpha value is -0.800. The number of hydrogen-bond acceptors (Lipinski definition) is 2. The van der Waals surface area contributed by atoms with Gasteiger partial charge in [-0.2, -0.15) is 10.5 Å². The van der Waals surface area contributed by atoms with Crippen molar-refractivity contribution in [2.24, 2.45) is 5.41 Å². The van der Waals surface area contributed by atoms with E-state index in [-0.39, 0.29) is 0 Å². The molecule has 0 aliphatic rings. The van der Waals surface area contributed by atoms with Crippen LogP contribution >= 0.6 is 15.9 Å². The molecular weight excluding hydrogens is 216 g/mol. The highest BCUT2D eigenvalue weighted by molar-refractivity contribution is 9.09. The van der Waals surface area contributed by atoms with Gasteiger partial charge < -0.3 is 0 Å². The molecular formula is C9H11BrN2. The van der Waals surface area contributed by atoms with Crippen LogP contribution < -0.4 is 0 Å². The minimum absolute atomic E-state index is 0.516. The van der Waals surface area contributed by atoms with Crippen molar-refractivity contribution < 1.29 is 0 Å². The van der Waals surface area contributed by atoms with Gasteiger partial charge in [-0.3, -0.25) is 0 Å². The summed E-state index contributed by atoms with van der Waals surface area (Å²) in [7, 11) is 0. The van der Waals surface area contributed by atoms with Crippen LogP contribution in [0.4, 0.5) is 0 Å². The van der Waals surface area contributed by atoms with Gasteiger partial charge in [-0.25, -0.2) is 0 Å². The number of alkyl halides is 1. The Balaban J connectivity index is 4.41. The first-order valence-electron chi connectivity index (χ1n) is 3.74. The van der Waals surface area contributed by atoms with Crippen LogP contribution in [0.1, 0.15) is 19.8 Å². The fourth-order valence-corrected chi connectivity index (χ4v) is 1.49. The Bertz CT molecular complexity index is 218. The van der Waals surface area contributed by atoms with Gasteiger partial charge in [0.1, 0.15) is 5.41 Å². The number of allylic oxidation sites excluding steroid dienone is 2. The molecule has 2 nitrogen and oxygen atoms in total. The van der Waals surface area contributed by atoms with Crippen LogP contribution in [-0.2, 0) is 0 Å². The highest BCUT2D eigenvalue weighted by Gasteiger charge is 2.27. The lowest BCUT2D eigenvalue weighted by molar-refractivity contribution is 0.516. The lowest BCUT2D eigenvalue weighted by Crippen LogP contribution is -2.15. The van der Waals surface area contributed by atoms with Crippen molar-refractivity contribution in [3.8, 4) is 12.1 Å². The molecule has 0 aliphatic carbocycles. The average Bonchev–Trinajstić information content (AvgIpc) is 2.13. The van der Waals surface area contributed by atoms with E-state index < -0.39 is 5.41 Å². The third-order valence-corrected chi connectivity index (χ3v) is 2.05. The van der Waals surface area contributed by atoms with E-state index in [0.29, 0.717) is 18.2 Å². The minimum Gasteiger partial charge on any atom is -0.197 e. The van der Waals surface area contributed by atoms with Crippen LogP contribution in [-0.4, -0.2) is 5.33 Å². The summed E-state index contributed by atoms with van der Waals surface area (Å²) in [6.45, 7) is 1.88. The van der Waals surface area contributed by atoms with Crippen LogP contribution in [0.2, 0.25) is 0 Å². The van der Waals surface area contributed by atoms with Crippen molar-refractivity contribution >= 4 is 15.9 Å². The smallest absolute Gasteiger partial charge is 0.148 e. The van der Waals surface area contributed by atoms with E-state index >= 15 is 0 Å². The Labute approximate surface area is 81.6 Å². The molecule has 0 heterocycles. The van der Waals surface area contributed by atoms with Gasteiger partial charge in [0.2, 0.25) is 0 Å². The SMILES string of the molecule is C/C=C/CC(C#N)(C#N)CCBr. The minimum atomic E-state index is -0.837. The van der Waals surface area contributed by atoms with E-state index in [2.05, 4.69) is 28.1 Å². The first kappa shape index (κ1) is 11.2. The van der Waals surface area contributed by atoms with Crippen molar-refractivity contribution in [3.63, 3.8) is 0 Å². The molecule has 0 aliphatic heterocycles. The van der Waals surface area contributed by atoms with E-state index in [4.69, 9.17) is 10.5 Å². The average molecular weight is 227 g/mol. The van der Waals surface area contributed by atoms with Crippen LogP contribution in [0.25, 0.3) is 0 Å². The highest BCUT2D eigenvalue weighted by Crippen LogP contribution is 2.26. The molecule has 0 atom stereocenters. The second-order valence-corrected chi connectivity index (χ2v) is 3.31. The zero-order chi connectivity index (χ0) is 9.45. The predicted molar refractivity (Wildman–Crippen MR) is 51.5 cm³/mol. The summed E-state index contributed by atoms with van der Waals surface area (Å²) in [6, 6.07) is 4.12. The Kier molecular flexibility index (Phi) is 5.41. The topological polar surface area (TPSA) is 47.6 Å². The summed E-state index contributed by atoms with van der Waals surface area (Å²) >= 11 is 3.23. The van der Waals surface area contributed by atoms with Gasteiger partial charge in [0.25, 0.3) is 0 Å². The fourth-order valence-electron chi connectivity index (χ4n) is 0.810. The van der Waals surface area contributed by atoms with Crippen LogP contribution in [0.5, 0.6) is 0 Å². The molecule has 3 heteroatoms. The normalized spacial score (nSPS) is 11.0. The molecule has 0 N–H and O–H groups in total. The molecule has 12 heavy (non-hydrogen) atoms. The molecule has 0 saturated carbocycles. The lowest BCUT2D eigenvalue weighted by Gasteiger charge is -2.13. The fraction of sp³-hybridized carbons (Fsp3) is 0.556. The molecule has 0 rings (SSSR count). The Morgan fingerprint density at radius 3 is 2.33 bits per heavy atom. The number of nitrogens with zero attached hydrogens (tertiary/aromatic N) is 2. The molecule has 64 valence electrons. The first-order chi connectivity index (χ1) is 5.74. The molecule has 0 radical (unpaired) electrons. The van der Waals surface area contributed by atoms with Crippen LogP contribution in [0, 0.1) is 28.1 Å². The lowest BCUT2D eigenvalue weighted by atomic mass is 9.85. The van der Waals surface area contributed by atoms with Gasteiger partial charge >= 0.3 is 0 Å². The van der Waals surface area contributed by atoms with E-state index in [9.17, 15) is 0 Å². The first-order valence-corrected chi connectivity index (χ1v) is 4.86. The number of nitriles is 2. The predicted octanol–water partition coefficient (Wildman–Crippen LogP) is 2.77. The zero-order valence-electron chi connectivity index (χ0n) is 7.05. The number of rotatable bonds is 4. The summed E-state index contributed by atoms with van der Waals surface area (Å²) < 4.78 is 0. The molecule has 0 aromatic rings. The van der Waals surface area contributed by atoms with E-state index in [0.717, 1.165) is 0 Å². The maximum atomic E-state index is 8.81. The summed E-state index contributed by atoms with van der Waals surface area (Å²) in [5.41, 5.74) is -0.837. The molecule has 0 aromatic carbocycles. The maximum absolute atomic E-state index is 8.81. The van der Waals surface area contributed by atoms with E-state index in [1.165, 1.54) is 0 Å². The quantitative estimate of drug-likeness (QED) is 0.547. The van der Waals surface area contributed by atoms with Crippen molar-refractivity contribution in [1.82, 2.24) is 0 Å². The van der Waals surface area contributed by atoms with Gasteiger partial charge in [-0.1, -0.05) is 28.1 Å². The summed E-state index contributed by atoms with van der Waals surface area (Å²) in [4.78, 5) is 0. The highest BCUT2D eigenvalue weighted by atomic mass is 79.9. The molecule has 0 aromatic heterocycles.